The van der Waals surface area contributed by atoms with Crippen molar-refractivity contribution in [2.45, 2.75) is 31.5 Å². The molecule has 0 fully saturated rings. The number of nitrogens with zero attached hydrogens (tertiary/aromatic N) is 2. The molecule has 1 aromatic heterocycles. The van der Waals surface area contributed by atoms with Crippen molar-refractivity contribution in [2.24, 2.45) is 11.5 Å². The number of nitrogens with one attached hydrogen (secondary N) is 1. The third-order valence-corrected chi connectivity index (χ3v) is 6.80. The van der Waals surface area contributed by atoms with Gasteiger partial charge in [-0.05, 0) is 55.7 Å². The smallest absolute Gasteiger partial charge is 0.479 e. The molecule has 0 spiro atoms. The Balaban J connectivity index is 1.73. The van der Waals surface area contributed by atoms with Crippen LogP contribution in [-0.2, 0) is 22.4 Å². The lowest BCUT2D eigenvalue weighted by atomic mass is 9.98. The van der Waals surface area contributed by atoms with E-state index in [9.17, 15) is 27.6 Å². The average Bonchev–Trinajstić information content (AvgIpc) is 3.30. The van der Waals surface area contributed by atoms with E-state index in [1.54, 1.807) is 0 Å². The van der Waals surface area contributed by atoms with E-state index >= 15 is 0 Å². The van der Waals surface area contributed by atoms with E-state index in [4.69, 9.17) is 21.5 Å². The summed E-state index contributed by atoms with van der Waals surface area (Å²) in [5, 5.41) is 11.6. The number of aryl methyl sites for hydroxylation is 1. The van der Waals surface area contributed by atoms with Crippen LogP contribution in [0.2, 0.25) is 0 Å². The van der Waals surface area contributed by atoms with Gasteiger partial charge in [-0.3, -0.25) is 9.59 Å². The molecule has 2 aromatic carbocycles. The molecule has 39 heavy (non-hydrogen) atoms. The van der Waals surface area contributed by atoms with Crippen molar-refractivity contribution < 1.29 is 37.0 Å². The van der Waals surface area contributed by atoms with Gasteiger partial charge in [-0.15, -0.1) is 11.3 Å². The second-order valence-corrected chi connectivity index (χ2v) is 9.57. The van der Waals surface area contributed by atoms with Crippen LogP contribution in [0.5, 0.6) is 11.5 Å². The normalized spacial score (nSPS) is 14.6. The fourth-order valence-electron chi connectivity index (χ4n) is 3.83. The van der Waals surface area contributed by atoms with Gasteiger partial charge in [-0.25, -0.2) is 9.78 Å². The highest BCUT2D eigenvalue weighted by Gasteiger charge is 2.42. The minimum atomic E-state index is -5.33. The van der Waals surface area contributed by atoms with Crippen molar-refractivity contribution in [1.82, 2.24) is 4.98 Å². The average molecular weight is 560 g/mol. The minimum Gasteiger partial charge on any atom is -0.479 e. The summed E-state index contributed by atoms with van der Waals surface area (Å²) >= 11 is 1.14. The van der Waals surface area contributed by atoms with Crippen LogP contribution in [0.3, 0.4) is 0 Å². The molecular weight excluding hydrogens is 539 g/mol. The molecule has 2 amide bonds. The first-order valence-corrected chi connectivity index (χ1v) is 12.2. The predicted octanol–water partition coefficient (Wildman–Crippen LogP) is 3.08. The van der Waals surface area contributed by atoms with Crippen molar-refractivity contribution in [3.8, 4) is 28.1 Å². The maximum atomic E-state index is 13.0. The van der Waals surface area contributed by atoms with Crippen LogP contribution in [0.25, 0.3) is 10.6 Å². The summed E-state index contributed by atoms with van der Waals surface area (Å²) in [6, 6.07) is 9.71. The number of anilines is 1. The number of aromatic nitrogens is 1. The van der Waals surface area contributed by atoms with Crippen LogP contribution in [0.15, 0.2) is 36.4 Å². The number of thiazole rings is 1. The molecule has 14 heteroatoms. The third kappa shape index (κ3) is 6.33. The third-order valence-electron chi connectivity index (χ3n) is 5.66. The number of rotatable bonds is 7. The van der Waals surface area contributed by atoms with Crippen molar-refractivity contribution >= 4 is 34.8 Å². The molecule has 1 aliphatic carbocycles. The molecule has 0 saturated carbocycles. The van der Waals surface area contributed by atoms with E-state index in [1.165, 1.54) is 24.3 Å². The Labute approximate surface area is 223 Å². The van der Waals surface area contributed by atoms with Crippen molar-refractivity contribution in [1.29, 1.82) is 5.26 Å². The lowest BCUT2D eigenvalue weighted by molar-refractivity contribution is -0.189. The fourth-order valence-corrected chi connectivity index (χ4v) is 5.09. The molecule has 5 N–H and O–H groups in total. The Morgan fingerprint density at radius 2 is 1.90 bits per heavy atom. The van der Waals surface area contributed by atoms with Crippen molar-refractivity contribution in [2.75, 3.05) is 11.9 Å². The summed E-state index contributed by atoms with van der Waals surface area (Å²) in [5.74, 6) is -5.39. The van der Waals surface area contributed by atoms with Crippen molar-refractivity contribution in [3.05, 3.63) is 58.1 Å². The van der Waals surface area contributed by atoms with Gasteiger partial charge in [0.05, 0.1) is 28.5 Å². The molecule has 1 atom stereocenters. The van der Waals surface area contributed by atoms with Gasteiger partial charge in [0.2, 0.25) is 5.91 Å². The molecule has 3 aromatic rings. The van der Waals surface area contributed by atoms with Crippen LogP contribution < -0.4 is 26.3 Å². The first-order chi connectivity index (χ1) is 18.5. The Morgan fingerprint density at radius 3 is 2.54 bits per heavy atom. The molecule has 202 valence electrons. The van der Waals surface area contributed by atoms with Gasteiger partial charge in [0.1, 0.15) is 5.01 Å². The van der Waals surface area contributed by atoms with E-state index in [0.717, 1.165) is 28.3 Å². The Bertz CT molecular complexity index is 1480. The van der Waals surface area contributed by atoms with Crippen LogP contribution in [0.4, 0.5) is 18.9 Å². The quantitative estimate of drug-likeness (QED) is 0.293. The lowest BCUT2D eigenvalue weighted by Gasteiger charge is -2.17. The number of ether oxygens (including phenoxy) is 2. The van der Waals surface area contributed by atoms with Crippen LogP contribution >= 0.6 is 11.3 Å². The number of carbonyl (C=O) groups excluding carboxylic acids is 3. The predicted molar refractivity (Wildman–Crippen MR) is 133 cm³/mol. The summed E-state index contributed by atoms with van der Waals surface area (Å²) < 4.78 is 49.2. The van der Waals surface area contributed by atoms with E-state index in [1.807, 2.05) is 6.07 Å². The fraction of sp³-hybridized carbons (Fsp3) is 0.240. The highest BCUT2D eigenvalue weighted by molar-refractivity contribution is 7.15. The van der Waals surface area contributed by atoms with E-state index in [-0.39, 0.29) is 22.2 Å². The molecule has 10 nitrogen and oxygen atoms in total. The van der Waals surface area contributed by atoms with Gasteiger partial charge >= 0.3 is 12.1 Å². The number of fused-ring (bicyclic) bond motifs is 1. The second-order valence-electron chi connectivity index (χ2n) is 8.48. The second kappa shape index (κ2) is 11.1. The summed E-state index contributed by atoms with van der Waals surface area (Å²) in [7, 11) is 0. The number of esters is 1. The number of alkyl halides is 3. The molecule has 0 bridgehead atoms. The number of nitriles is 1. The zero-order valence-electron chi connectivity index (χ0n) is 20.0. The molecule has 1 heterocycles. The molecule has 4 rings (SSSR count). The maximum Gasteiger partial charge on any atom is 0.491 e. The number of carbonyl (C=O) groups is 3. The summed E-state index contributed by atoms with van der Waals surface area (Å²) in [6.07, 6.45) is -3.61. The van der Waals surface area contributed by atoms with Crippen LogP contribution in [-0.4, -0.2) is 41.6 Å². The van der Waals surface area contributed by atoms with Gasteiger partial charge in [-0.1, -0.05) is 0 Å². The van der Waals surface area contributed by atoms with E-state index in [0.29, 0.717) is 36.2 Å². The SMILES string of the molecule is N#Cc1ccc(NC(=O)COc2c(OC(=O)C(F)(F)F)ccc(C(N)=O)c2-c2nc3c(s2)C[C@@H](N)CC3)cc1. The number of hydrogen-bond acceptors (Lipinski definition) is 9. The van der Waals surface area contributed by atoms with Gasteiger partial charge in [0, 0.05) is 16.6 Å². The van der Waals surface area contributed by atoms with Crippen molar-refractivity contribution in [3.63, 3.8) is 0 Å². The number of primary amides is 1. The monoisotopic (exact) mass is 559 g/mol. The number of benzene rings is 2. The summed E-state index contributed by atoms with van der Waals surface area (Å²) in [5.41, 5.74) is 12.7. The summed E-state index contributed by atoms with van der Waals surface area (Å²) in [4.78, 5) is 41.9. The first kappa shape index (κ1) is 27.6. The molecule has 0 radical (unpaired) electrons. The van der Waals surface area contributed by atoms with Crippen LogP contribution in [0, 0.1) is 11.3 Å². The van der Waals surface area contributed by atoms with Gasteiger partial charge < -0.3 is 26.3 Å². The van der Waals surface area contributed by atoms with Gasteiger partial charge in [-0.2, -0.15) is 18.4 Å². The number of hydrogen-bond donors (Lipinski definition) is 3. The van der Waals surface area contributed by atoms with E-state index < -0.39 is 42.1 Å². The highest BCUT2D eigenvalue weighted by Crippen LogP contribution is 2.44. The number of halogens is 3. The molecule has 1 aliphatic rings. The largest absolute Gasteiger partial charge is 0.491 e. The lowest BCUT2D eigenvalue weighted by Crippen LogP contribution is -2.28. The standard InChI is InChI=1S/C25H20F3N5O5S/c26-25(27,28)24(36)38-17-8-6-15(22(31)35)20(23-33-16-7-3-13(30)9-18(16)39-23)21(17)37-11-19(34)32-14-4-1-12(10-29)2-5-14/h1-2,4-6,8,13H,3,7,9,11,30H2,(H2,31,35)(H,32,34)/t13-/m0/s1. The Kier molecular flexibility index (Phi) is 7.84. The molecule has 0 aliphatic heterocycles. The number of nitrogens with two attached hydrogens (primary N) is 2. The minimum absolute atomic E-state index is 0.109. The first-order valence-electron chi connectivity index (χ1n) is 11.4. The van der Waals surface area contributed by atoms with E-state index in [2.05, 4.69) is 15.0 Å². The van der Waals surface area contributed by atoms with Gasteiger partial charge in [0.25, 0.3) is 5.91 Å². The van der Waals surface area contributed by atoms with Crippen LogP contribution in [0.1, 0.15) is 32.9 Å². The summed E-state index contributed by atoms with van der Waals surface area (Å²) in [6.45, 7) is -0.748. The van der Waals surface area contributed by atoms with Gasteiger partial charge in [0.15, 0.2) is 18.1 Å². The maximum absolute atomic E-state index is 13.0. The zero-order valence-corrected chi connectivity index (χ0v) is 20.8. The zero-order chi connectivity index (χ0) is 28.3. The Morgan fingerprint density at radius 1 is 1.18 bits per heavy atom. The molecule has 0 saturated heterocycles. The molecular formula is C25H20F3N5O5S. The Hall–Kier alpha value is -4.48. The number of amides is 2. The topological polar surface area (TPSA) is 170 Å². The highest BCUT2D eigenvalue weighted by atomic mass is 32.1. The molecule has 0 unspecified atom stereocenters.